The quantitative estimate of drug-likeness (QED) is 0.549. The monoisotopic (exact) mass is 373 g/mol. The van der Waals surface area contributed by atoms with Gasteiger partial charge in [0.2, 0.25) is 5.89 Å². The summed E-state index contributed by atoms with van der Waals surface area (Å²) >= 11 is 0. The predicted octanol–water partition coefficient (Wildman–Crippen LogP) is 3.43. The number of nitrogens with zero attached hydrogens (tertiary/aromatic N) is 5. The summed E-state index contributed by atoms with van der Waals surface area (Å²) in [7, 11) is 2.17. The van der Waals surface area contributed by atoms with Crippen LogP contribution in [0.4, 0.5) is 0 Å². The summed E-state index contributed by atoms with van der Waals surface area (Å²) in [6.07, 6.45) is 3.64. The highest BCUT2D eigenvalue weighted by molar-refractivity contribution is 5.77. The van der Waals surface area contributed by atoms with Gasteiger partial charge in [-0.3, -0.25) is 9.47 Å². The average molecular weight is 373 g/mol. The second-order valence-corrected chi connectivity index (χ2v) is 7.37. The molecule has 1 aliphatic heterocycles. The normalized spacial score (nSPS) is 16.0. The summed E-state index contributed by atoms with van der Waals surface area (Å²) in [6, 6.07) is 16.4. The number of hydrogen-bond donors (Lipinski definition) is 0. The van der Waals surface area contributed by atoms with Gasteiger partial charge in [0.1, 0.15) is 12.6 Å². The van der Waals surface area contributed by atoms with Crippen LogP contribution < -0.4 is 0 Å². The first-order chi connectivity index (χ1) is 13.8. The molecule has 0 aliphatic carbocycles. The molecule has 2 aromatic carbocycles. The van der Waals surface area contributed by atoms with Gasteiger partial charge in [-0.2, -0.15) is 0 Å². The molecule has 1 aliphatic rings. The lowest BCUT2D eigenvalue weighted by Crippen LogP contribution is -2.43. The summed E-state index contributed by atoms with van der Waals surface area (Å²) in [5.41, 5.74) is 5.14. The van der Waals surface area contributed by atoms with Crippen molar-refractivity contribution in [1.82, 2.24) is 24.3 Å². The molecule has 0 unspecified atom stereocenters. The largest absolute Gasteiger partial charge is 0.444 e. The molecule has 2 aromatic heterocycles. The van der Waals surface area contributed by atoms with E-state index >= 15 is 0 Å². The van der Waals surface area contributed by atoms with Crippen LogP contribution in [0.1, 0.15) is 5.69 Å². The Balaban J connectivity index is 1.33. The lowest BCUT2D eigenvalue weighted by molar-refractivity contribution is 0.147. The number of oxazole rings is 1. The van der Waals surface area contributed by atoms with Gasteiger partial charge in [-0.1, -0.05) is 12.1 Å². The molecule has 142 valence electrons. The Hall–Kier alpha value is -2.96. The minimum absolute atomic E-state index is 0.672. The van der Waals surface area contributed by atoms with E-state index in [-0.39, 0.29) is 0 Å². The van der Waals surface area contributed by atoms with Gasteiger partial charge in [0.25, 0.3) is 0 Å². The minimum atomic E-state index is 0.672. The number of fused-ring (bicyclic) bond motifs is 1. The summed E-state index contributed by atoms with van der Waals surface area (Å²) in [6.45, 7) is 5.21. The Labute approximate surface area is 164 Å². The van der Waals surface area contributed by atoms with E-state index in [0.717, 1.165) is 60.7 Å². The van der Waals surface area contributed by atoms with E-state index < -0.39 is 0 Å². The van der Waals surface area contributed by atoms with Crippen LogP contribution in [0.2, 0.25) is 0 Å². The molecule has 4 aromatic rings. The highest BCUT2D eigenvalue weighted by Crippen LogP contribution is 2.23. The molecule has 1 fully saturated rings. The maximum absolute atomic E-state index is 5.75. The van der Waals surface area contributed by atoms with Gasteiger partial charge < -0.3 is 9.32 Å². The van der Waals surface area contributed by atoms with Crippen molar-refractivity contribution >= 4 is 11.0 Å². The summed E-state index contributed by atoms with van der Waals surface area (Å²) in [4.78, 5) is 13.9. The third-order valence-electron chi connectivity index (χ3n) is 5.38. The van der Waals surface area contributed by atoms with Crippen LogP contribution in [-0.2, 0) is 6.54 Å². The number of hydrogen-bond acceptors (Lipinski definition) is 5. The average Bonchev–Trinajstić information content (AvgIpc) is 3.37. The highest BCUT2D eigenvalue weighted by Gasteiger charge is 2.16. The van der Waals surface area contributed by atoms with Crippen LogP contribution >= 0.6 is 0 Å². The molecule has 0 atom stereocenters. The molecule has 5 rings (SSSR count). The fourth-order valence-electron chi connectivity index (χ4n) is 3.68. The molecular weight excluding hydrogens is 350 g/mol. The van der Waals surface area contributed by atoms with E-state index in [0.29, 0.717) is 5.89 Å². The minimum Gasteiger partial charge on any atom is -0.444 e. The topological polar surface area (TPSA) is 50.3 Å². The van der Waals surface area contributed by atoms with Crippen molar-refractivity contribution in [2.24, 2.45) is 0 Å². The van der Waals surface area contributed by atoms with Crippen LogP contribution in [-0.4, -0.2) is 57.6 Å². The fraction of sp³-hybridized carbons (Fsp3) is 0.273. The molecule has 1 saturated heterocycles. The zero-order valence-electron chi connectivity index (χ0n) is 16.0. The molecule has 0 N–H and O–H groups in total. The van der Waals surface area contributed by atoms with Crippen molar-refractivity contribution in [3.63, 3.8) is 0 Å². The molecule has 0 amide bonds. The van der Waals surface area contributed by atoms with Gasteiger partial charge in [0.05, 0.1) is 16.7 Å². The lowest BCUT2D eigenvalue weighted by atomic mass is 10.2. The van der Waals surface area contributed by atoms with Gasteiger partial charge in [-0.25, -0.2) is 9.97 Å². The first-order valence-electron chi connectivity index (χ1n) is 9.64. The summed E-state index contributed by atoms with van der Waals surface area (Å²) in [5, 5.41) is 0. The molecule has 3 heterocycles. The second kappa shape index (κ2) is 7.22. The number of rotatable bonds is 4. The molecule has 0 saturated carbocycles. The number of imidazole rings is 1. The third kappa shape index (κ3) is 3.32. The van der Waals surface area contributed by atoms with Gasteiger partial charge in [-0.05, 0) is 43.4 Å². The highest BCUT2D eigenvalue weighted by atomic mass is 16.3. The third-order valence-corrected chi connectivity index (χ3v) is 5.38. The number of para-hydroxylation sites is 2. The summed E-state index contributed by atoms with van der Waals surface area (Å²) in [5.74, 6) is 0.672. The number of aromatic nitrogens is 3. The lowest BCUT2D eigenvalue weighted by Gasteiger charge is -2.31. The summed E-state index contributed by atoms with van der Waals surface area (Å²) < 4.78 is 7.84. The first kappa shape index (κ1) is 17.2. The fourth-order valence-corrected chi connectivity index (χ4v) is 3.68. The first-order valence-corrected chi connectivity index (χ1v) is 9.64. The Kier molecular flexibility index (Phi) is 4.43. The molecule has 0 bridgehead atoms. The van der Waals surface area contributed by atoms with E-state index in [9.17, 15) is 0 Å². The van der Waals surface area contributed by atoms with Crippen molar-refractivity contribution in [3.8, 4) is 17.1 Å². The van der Waals surface area contributed by atoms with E-state index in [1.165, 1.54) is 0 Å². The van der Waals surface area contributed by atoms with Crippen molar-refractivity contribution in [2.75, 3.05) is 33.2 Å². The van der Waals surface area contributed by atoms with E-state index in [2.05, 4.69) is 56.7 Å². The van der Waals surface area contributed by atoms with Gasteiger partial charge in [-0.15, -0.1) is 0 Å². The zero-order chi connectivity index (χ0) is 18.9. The van der Waals surface area contributed by atoms with E-state index in [4.69, 9.17) is 9.40 Å². The van der Waals surface area contributed by atoms with Crippen molar-refractivity contribution in [3.05, 3.63) is 66.8 Å². The second-order valence-electron chi connectivity index (χ2n) is 7.37. The Morgan fingerprint density at radius 2 is 1.75 bits per heavy atom. The van der Waals surface area contributed by atoms with Crippen LogP contribution in [0.3, 0.4) is 0 Å². The van der Waals surface area contributed by atoms with Gasteiger partial charge in [0, 0.05) is 44.0 Å². The smallest absolute Gasteiger partial charge is 0.226 e. The Bertz CT molecular complexity index is 1070. The predicted molar refractivity (Wildman–Crippen MR) is 109 cm³/mol. The Morgan fingerprint density at radius 3 is 2.57 bits per heavy atom. The van der Waals surface area contributed by atoms with Gasteiger partial charge in [0.15, 0.2) is 0 Å². The SMILES string of the molecule is CN1CCN(Cc2coc(-c3ccc(-n4cnc5ccccc54)cc3)n2)CC1. The molecule has 6 heteroatoms. The number of piperazine rings is 1. The van der Waals surface area contributed by atoms with Crippen molar-refractivity contribution < 1.29 is 4.42 Å². The molecule has 0 radical (unpaired) electrons. The Morgan fingerprint density at radius 1 is 0.964 bits per heavy atom. The van der Waals surface area contributed by atoms with Crippen molar-refractivity contribution in [1.29, 1.82) is 0 Å². The van der Waals surface area contributed by atoms with Crippen LogP contribution in [0.25, 0.3) is 28.2 Å². The van der Waals surface area contributed by atoms with Crippen LogP contribution in [0.5, 0.6) is 0 Å². The number of benzene rings is 2. The molecule has 6 nitrogen and oxygen atoms in total. The number of likely N-dealkylation sites (N-methyl/N-ethyl adjacent to an activating group) is 1. The maximum Gasteiger partial charge on any atom is 0.226 e. The van der Waals surface area contributed by atoms with Crippen molar-refractivity contribution in [2.45, 2.75) is 6.54 Å². The van der Waals surface area contributed by atoms with E-state index in [1.807, 2.05) is 24.5 Å². The van der Waals surface area contributed by atoms with Crippen LogP contribution in [0, 0.1) is 0 Å². The maximum atomic E-state index is 5.75. The van der Waals surface area contributed by atoms with Crippen LogP contribution in [0.15, 0.2) is 65.5 Å². The zero-order valence-corrected chi connectivity index (χ0v) is 16.0. The molecule has 28 heavy (non-hydrogen) atoms. The van der Waals surface area contributed by atoms with Gasteiger partial charge >= 0.3 is 0 Å². The molecular formula is C22H23N5O. The van der Waals surface area contributed by atoms with E-state index in [1.54, 1.807) is 6.26 Å². The standard InChI is InChI=1S/C22H23N5O/c1-25-10-12-26(13-11-25)14-18-15-28-22(24-18)17-6-8-19(9-7-17)27-16-23-20-4-2-3-5-21(20)27/h2-9,15-16H,10-14H2,1H3. The molecule has 0 spiro atoms.